The molecule has 0 aliphatic carbocycles. The van der Waals surface area contributed by atoms with E-state index in [1.54, 1.807) is 7.11 Å². The predicted octanol–water partition coefficient (Wildman–Crippen LogP) is 2.36. The number of para-hydroxylation sites is 1. The standard InChI is InChI=1S/C14H23NO2/c1-11(8-9-16)10-15-12(2)13-6-4-5-7-14(13)17-3/h4-7,11-12,15-16H,8-10H2,1-3H3. The molecular weight excluding hydrogens is 214 g/mol. The van der Waals surface area contributed by atoms with Gasteiger partial charge in [0.1, 0.15) is 5.75 Å². The van der Waals surface area contributed by atoms with Crippen molar-refractivity contribution in [3.05, 3.63) is 29.8 Å². The summed E-state index contributed by atoms with van der Waals surface area (Å²) in [5.74, 6) is 1.40. The number of hydrogen-bond acceptors (Lipinski definition) is 3. The lowest BCUT2D eigenvalue weighted by Gasteiger charge is -2.19. The summed E-state index contributed by atoms with van der Waals surface area (Å²) in [4.78, 5) is 0. The van der Waals surface area contributed by atoms with Crippen LogP contribution in [0.3, 0.4) is 0 Å². The molecule has 17 heavy (non-hydrogen) atoms. The summed E-state index contributed by atoms with van der Waals surface area (Å²) >= 11 is 0. The van der Waals surface area contributed by atoms with Crippen LogP contribution in [0.4, 0.5) is 0 Å². The van der Waals surface area contributed by atoms with Crippen molar-refractivity contribution >= 4 is 0 Å². The van der Waals surface area contributed by atoms with Gasteiger partial charge >= 0.3 is 0 Å². The van der Waals surface area contributed by atoms with Crippen molar-refractivity contribution in [1.29, 1.82) is 0 Å². The number of aliphatic hydroxyl groups is 1. The first-order valence-corrected chi connectivity index (χ1v) is 6.16. The second-order valence-electron chi connectivity index (χ2n) is 4.49. The fourth-order valence-corrected chi connectivity index (χ4v) is 1.83. The molecule has 1 rings (SSSR count). The van der Waals surface area contributed by atoms with Gasteiger partial charge in [-0.25, -0.2) is 0 Å². The molecule has 0 saturated carbocycles. The maximum atomic E-state index is 8.85. The Morgan fingerprint density at radius 3 is 2.65 bits per heavy atom. The molecule has 0 saturated heterocycles. The summed E-state index contributed by atoms with van der Waals surface area (Å²) in [5, 5.41) is 12.3. The van der Waals surface area contributed by atoms with E-state index in [2.05, 4.69) is 25.2 Å². The number of benzene rings is 1. The molecule has 0 aromatic heterocycles. The van der Waals surface area contributed by atoms with Gasteiger partial charge in [-0.15, -0.1) is 0 Å². The molecule has 3 heteroatoms. The van der Waals surface area contributed by atoms with Gasteiger partial charge in [-0.1, -0.05) is 25.1 Å². The highest BCUT2D eigenvalue weighted by Gasteiger charge is 2.11. The minimum atomic E-state index is 0.256. The minimum Gasteiger partial charge on any atom is -0.496 e. The van der Waals surface area contributed by atoms with Crippen LogP contribution in [-0.2, 0) is 0 Å². The number of hydrogen-bond donors (Lipinski definition) is 2. The summed E-state index contributed by atoms with van der Waals surface area (Å²) in [5.41, 5.74) is 1.17. The molecule has 0 aliphatic heterocycles. The number of methoxy groups -OCH3 is 1. The van der Waals surface area contributed by atoms with Gasteiger partial charge in [0.05, 0.1) is 7.11 Å². The number of ether oxygens (including phenoxy) is 1. The molecule has 0 amide bonds. The summed E-state index contributed by atoms with van der Waals surface area (Å²) in [6.07, 6.45) is 0.839. The average Bonchev–Trinajstić information content (AvgIpc) is 2.36. The van der Waals surface area contributed by atoms with Gasteiger partial charge in [0.15, 0.2) is 0 Å². The van der Waals surface area contributed by atoms with Crippen molar-refractivity contribution in [2.75, 3.05) is 20.3 Å². The van der Waals surface area contributed by atoms with Crippen molar-refractivity contribution in [3.8, 4) is 5.75 Å². The lowest BCUT2D eigenvalue weighted by atomic mass is 10.0. The summed E-state index contributed by atoms with van der Waals surface area (Å²) in [7, 11) is 1.69. The molecule has 3 nitrogen and oxygen atoms in total. The predicted molar refractivity (Wildman–Crippen MR) is 70.3 cm³/mol. The van der Waals surface area contributed by atoms with Gasteiger partial charge < -0.3 is 15.2 Å². The van der Waals surface area contributed by atoms with Crippen LogP contribution in [0.2, 0.25) is 0 Å². The summed E-state index contributed by atoms with van der Waals surface area (Å²) < 4.78 is 5.34. The summed E-state index contributed by atoms with van der Waals surface area (Å²) in [6, 6.07) is 8.31. The molecule has 1 aromatic rings. The van der Waals surface area contributed by atoms with Crippen LogP contribution in [0.1, 0.15) is 31.9 Å². The van der Waals surface area contributed by atoms with E-state index in [1.807, 2.05) is 18.2 Å². The van der Waals surface area contributed by atoms with Crippen LogP contribution in [0.5, 0.6) is 5.75 Å². The average molecular weight is 237 g/mol. The van der Waals surface area contributed by atoms with Crippen molar-refractivity contribution in [2.24, 2.45) is 5.92 Å². The largest absolute Gasteiger partial charge is 0.496 e. The van der Waals surface area contributed by atoms with Gasteiger partial charge in [0, 0.05) is 18.2 Å². The molecule has 0 spiro atoms. The zero-order valence-electron chi connectivity index (χ0n) is 10.9. The highest BCUT2D eigenvalue weighted by molar-refractivity contribution is 5.35. The third kappa shape index (κ3) is 4.36. The molecule has 2 atom stereocenters. The van der Waals surface area contributed by atoms with E-state index in [0.29, 0.717) is 5.92 Å². The quantitative estimate of drug-likeness (QED) is 0.765. The van der Waals surface area contributed by atoms with Crippen LogP contribution in [0.15, 0.2) is 24.3 Å². The van der Waals surface area contributed by atoms with Gasteiger partial charge in [-0.3, -0.25) is 0 Å². The smallest absolute Gasteiger partial charge is 0.123 e. The van der Waals surface area contributed by atoms with Gasteiger partial charge in [0.2, 0.25) is 0 Å². The monoisotopic (exact) mass is 237 g/mol. The Balaban J connectivity index is 2.54. The van der Waals surface area contributed by atoms with E-state index >= 15 is 0 Å². The second kappa shape index (κ2) is 7.30. The minimum absolute atomic E-state index is 0.256. The van der Waals surface area contributed by atoms with E-state index in [4.69, 9.17) is 9.84 Å². The molecule has 0 fully saturated rings. The van der Waals surface area contributed by atoms with E-state index in [-0.39, 0.29) is 12.6 Å². The Morgan fingerprint density at radius 1 is 1.29 bits per heavy atom. The third-order valence-corrected chi connectivity index (χ3v) is 3.00. The van der Waals surface area contributed by atoms with E-state index in [0.717, 1.165) is 18.7 Å². The van der Waals surface area contributed by atoms with Gasteiger partial charge in [-0.05, 0) is 31.9 Å². The van der Waals surface area contributed by atoms with Gasteiger partial charge in [-0.2, -0.15) is 0 Å². The zero-order chi connectivity index (χ0) is 12.7. The van der Waals surface area contributed by atoms with Crippen LogP contribution in [0.25, 0.3) is 0 Å². The molecule has 2 N–H and O–H groups in total. The van der Waals surface area contributed by atoms with Gasteiger partial charge in [0.25, 0.3) is 0 Å². The molecule has 0 aliphatic rings. The number of aliphatic hydroxyl groups excluding tert-OH is 1. The van der Waals surface area contributed by atoms with Crippen LogP contribution < -0.4 is 10.1 Å². The molecular formula is C14H23NO2. The molecule has 2 unspecified atom stereocenters. The Labute approximate surface area is 104 Å². The maximum Gasteiger partial charge on any atom is 0.123 e. The lowest BCUT2D eigenvalue weighted by molar-refractivity contribution is 0.258. The molecule has 0 bridgehead atoms. The number of nitrogens with one attached hydrogen (secondary N) is 1. The van der Waals surface area contributed by atoms with E-state index in [9.17, 15) is 0 Å². The highest BCUT2D eigenvalue weighted by Crippen LogP contribution is 2.24. The van der Waals surface area contributed by atoms with E-state index < -0.39 is 0 Å². The SMILES string of the molecule is COc1ccccc1C(C)NCC(C)CCO. The fraction of sp³-hybridized carbons (Fsp3) is 0.571. The fourth-order valence-electron chi connectivity index (χ4n) is 1.83. The second-order valence-corrected chi connectivity index (χ2v) is 4.49. The molecule has 0 radical (unpaired) electrons. The Morgan fingerprint density at radius 2 is 2.00 bits per heavy atom. The third-order valence-electron chi connectivity index (χ3n) is 3.00. The lowest BCUT2D eigenvalue weighted by Crippen LogP contribution is -2.25. The summed E-state index contributed by atoms with van der Waals surface area (Å²) in [6.45, 7) is 5.42. The molecule has 0 heterocycles. The van der Waals surface area contributed by atoms with Crippen LogP contribution in [0, 0.1) is 5.92 Å². The van der Waals surface area contributed by atoms with Crippen molar-refractivity contribution in [1.82, 2.24) is 5.32 Å². The van der Waals surface area contributed by atoms with Crippen molar-refractivity contribution < 1.29 is 9.84 Å². The zero-order valence-corrected chi connectivity index (χ0v) is 10.9. The maximum absolute atomic E-state index is 8.85. The first-order chi connectivity index (χ1) is 8.19. The normalized spacial score (nSPS) is 14.4. The Bertz CT molecular complexity index is 328. The van der Waals surface area contributed by atoms with Crippen molar-refractivity contribution in [3.63, 3.8) is 0 Å². The van der Waals surface area contributed by atoms with Crippen LogP contribution in [-0.4, -0.2) is 25.4 Å². The number of rotatable bonds is 7. The topological polar surface area (TPSA) is 41.5 Å². The Hall–Kier alpha value is -1.06. The van der Waals surface area contributed by atoms with Crippen LogP contribution >= 0.6 is 0 Å². The Kier molecular flexibility index (Phi) is 6.01. The highest BCUT2D eigenvalue weighted by atomic mass is 16.5. The molecule has 96 valence electrons. The van der Waals surface area contributed by atoms with Crippen molar-refractivity contribution in [2.45, 2.75) is 26.3 Å². The first-order valence-electron chi connectivity index (χ1n) is 6.16. The molecule has 1 aromatic carbocycles. The van der Waals surface area contributed by atoms with E-state index in [1.165, 1.54) is 5.56 Å². The first kappa shape index (κ1) is 14.0.